The van der Waals surface area contributed by atoms with E-state index in [9.17, 15) is 13.2 Å². The van der Waals surface area contributed by atoms with Crippen molar-refractivity contribution in [3.63, 3.8) is 0 Å². The molecule has 1 aliphatic rings. The van der Waals surface area contributed by atoms with Crippen LogP contribution < -0.4 is 10.1 Å². The molecule has 2 rings (SSSR count). The van der Waals surface area contributed by atoms with Crippen molar-refractivity contribution in [1.82, 2.24) is 10.2 Å². The zero-order valence-electron chi connectivity index (χ0n) is 13.4. The number of benzene rings is 1. The monoisotopic (exact) mass is 352 g/mol. The number of hydrogen-bond donors (Lipinski definition) is 1. The Kier molecular flexibility index (Phi) is 7.64. The van der Waals surface area contributed by atoms with Crippen molar-refractivity contribution in [3.05, 3.63) is 29.8 Å². The molecule has 1 heterocycles. The molecule has 0 spiro atoms. The van der Waals surface area contributed by atoms with E-state index >= 15 is 0 Å². The van der Waals surface area contributed by atoms with Gasteiger partial charge >= 0.3 is 6.36 Å². The third-order valence-electron chi connectivity index (χ3n) is 4.29. The van der Waals surface area contributed by atoms with Gasteiger partial charge in [-0.3, -0.25) is 4.90 Å². The number of nitrogens with zero attached hydrogens (tertiary/aromatic N) is 1. The lowest BCUT2D eigenvalue weighted by Gasteiger charge is -2.36. The Morgan fingerprint density at radius 2 is 1.78 bits per heavy atom. The lowest BCUT2D eigenvalue weighted by Crippen LogP contribution is -2.38. The lowest BCUT2D eigenvalue weighted by molar-refractivity contribution is -0.274. The van der Waals surface area contributed by atoms with Crippen LogP contribution in [0.4, 0.5) is 13.2 Å². The number of alkyl halides is 3. The largest absolute Gasteiger partial charge is 0.573 e. The quantitative estimate of drug-likeness (QED) is 0.867. The minimum Gasteiger partial charge on any atom is -0.406 e. The highest BCUT2D eigenvalue weighted by Crippen LogP contribution is 2.29. The highest BCUT2D eigenvalue weighted by Gasteiger charge is 2.31. The third kappa shape index (κ3) is 6.20. The Hall–Kier alpha value is -0.980. The van der Waals surface area contributed by atoms with Gasteiger partial charge < -0.3 is 10.1 Å². The van der Waals surface area contributed by atoms with Crippen molar-refractivity contribution < 1.29 is 17.9 Å². The van der Waals surface area contributed by atoms with Crippen molar-refractivity contribution in [2.75, 3.05) is 26.7 Å². The molecule has 1 fully saturated rings. The van der Waals surface area contributed by atoms with E-state index in [4.69, 9.17) is 0 Å². The van der Waals surface area contributed by atoms with E-state index in [1.807, 2.05) is 7.05 Å². The number of halogens is 4. The fourth-order valence-electron chi connectivity index (χ4n) is 2.99. The van der Waals surface area contributed by atoms with E-state index in [0.29, 0.717) is 0 Å². The van der Waals surface area contributed by atoms with Gasteiger partial charge in [-0.2, -0.15) is 0 Å². The van der Waals surface area contributed by atoms with Crippen molar-refractivity contribution in [2.24, 2.45) is 5.92 Å². The maximum Gasteiger partial charge on any atom is 0.573 e. The molecule has 1 unspecified atom stereocenters. The van der Waals surface area contributed by atoms with Crippen LogP contribution in [0.1, 0.15) is 31.4 Å². The van der Waals surface area contributed by atoms with Gasteiger partial charge in [0.2, 0.25) is 0 Å². The molecule has 0 aromatic heterocycles. The van der Waals surface area contributed by atoms with Crippen molar-refractivity contribution in [1.29, 1.82) is 0 Å². The second kappa shape index (κ2) is 8.76. The summed E-state index contributed by atoms with van der Waals surface area (Å²) in [5.74, 6) is 0.548. The normalized spacial score (nSPS) is 18.3. The fraction of sp³-hybridized carbons (Fsp3) is 0.625. The van der Waals surface area contributed by atoms with Crippen LogP contribution in [0.5, 0.6) is 5.75 Å². The lowest BCUT2D eigenvalue weighted by atomic mass is 9.94. The summed E-state index contributed by atoms with van der Waals surface area (Å²) < 4.78 is 40.4. The summed E-state index contributed by atoms with van der Waals surface area (Å²) in [4.78, 5) is 2.38. The van der Waals surface area contributed by atoms with E-state index in [1.54, 1.807) is 12.1 Å². The van der Waals surface area contributed by atoms with Gasteiger partial charge in [0.1, 0.15) is 5.75 Å². The predicted molar refractivity (Wildman–Crippen MR) is 87.0 cm³/mol. The molecular weight excluding hydrogens is 329 g/mol. The molecular formula is C16H24ClF3N2O. The van der Waals surface area contributed by atoms with Gasteiger partial charge in [-0.25, -0.2) is 0 Å². The number of likely N-dealkylation sites (tertiary alicyclic amines) is 1. The first kappa shape index (κ1) is 20.1. The molecule has 0 radical (unpaired) electrons. The average molecular weight is 353 g/mol. The van der Waals surface area contributed by atoms with E-state index in [0.717, 1.165) is 44.0 Å². The molecule has 7 heteroatoms. The Bertz CT molecular complexity index is 459. The van der Waals surface area contributed by atoms with Crippen LogP contribution in [0.3, 0.4) is 0 Å². The third-order valence-corrected chi connectivity index (χ3v) is 4.29. The minimum atomic E-state index is -4.64. The summed E-state index contributed by atoms with van der Waals surface area (Å²) in [5, 5.41) is 3.21. The van der Waals surface area contributed by atoms with Crippen LogP contribution in [-0.2, 0) is 0 Å². The highest BCUT2D eigenvalue weighted by atomic mass is 35.5. The van der Waals surface area contributed by atoms with Gasteiger partial charge in [-0.1, -0.05) is 12.1 Å². The summed E-state index contributed by atoms with van der Waals surface area (Å²) in [5.41, 5.74) is 1.02. The maximum absolute atomic E-state index is 12.2. The molecule has 1 aromatic rings. The minimum absolute atomic E-state index is 0. The molecule has 0 bridgehead atoms. The van der Waals surface area contributed by atoms with Crippen LogP contribution in [0, 0.1) is 5.92 Å². The summed E-state index contributed by atoms with van der Waals surface area (Å²) in [6, 6.07) is 6.40. The first-order valence-corrected chi connectivity index (χ1v) is 7.63. The Balaban J connectivity index is 0.00000264. The zero-order chi connectivity index (χ0) is 16.2. The molecule has 0 saturated carbocycles. The van der Waals surface area contributed by atoms with Gasteiger partial charge in [0.15, 0.2) is 0 Å². The molecule has 0 amide bonds. The maximum atomic E-state index is 12.2. The molecule has 1 N–H and O–H groups in total. The van der Waals surface area contributed by atoms with Crippen LogP contribution >= 0.6 is 12.4 Å². The van der Waals surface area contributed by atoms with Crippen LogP contribution in [0.2, 0.25) is 0 Å². The molecule has 132 valence electrons. The van der Waals surface area contributed by atoms with E-state index in [-0.39, 0.29) is 24.2 Å². The number of hydrogen-bond acceptors (Lipinski definition) is 3. The van der Waals surface area contributed by atoms with Crippen LogP contribution in [0.15, 0.2) is 24.3 Å². The number of rotatable bonds is 5. The summed E-state index contributed by atoms with van der Waals surface area (Å²) in [7, 11) is 1.97. The van der Waals surface area contributed by atoms with Crippen LogP contribution in [-0.4, -0.2) is 37.9 Å². The highest BCUT2D eigenvalue weighted by molar-refractivity contribution is 5.85. The average Bonchev–Trinajstić information content (AvgIpc) is 2.47. The van der Waals surface area contributed by atoms with Crippen molar-refractivity contribution in [3.8, 4) is 5.75 Å². The predicted octanol–water partition coefficient (Wildman–Crippen LogP) is 4.00. The van der Waals surface area contributed by atoms with Crippen LogP contribution in [0.25, 0.3) is 0 Å². The second-order valence-electron chi connectivity index (χ2n) is 5.83. The molecule has 1 aliphatic heterocycles. The van der Waals surface area contributed by atoms with Gasteiger partial charge in [0.25, 0.3) is 0 Å². The number of ether oxygens (including phenoxy) is 1. The van der Waals surface area contributed by atoms with Gasteiger partial charge in [0, 0.05) is 6.04 Å². The SMILES string of the molecule is CNCC1CCN(C(C)c2ccc(OC(F)(F)F)cc2)CC1.Cl. The second-order valence-corrected chi connectivity index (χ2v) is 5.83. The molecule has 1 saturated heterocycles. The van der Waals surface area contributed by atoms with Gasteiger partial charge in [-0.15, -0.1) is 25.6 Å². The van der Waals surface area contributed by atoms with Crippen molar-refractivity contribution >= 4 is 12.4 Å². The smallest absolute Gasteiger partial charge is 0.406 e. The molecule has 3 nitrogen and oxygen atoms in total. The summed E-state index contributed by atoms with van der Waals surface area (Å²) in [6.45, 7) is 5.19. The topological polar surface area (TPSA) is 24.5 Å². The summed E-state index contributed by atoms with van der Waals surface area (Å²) >= 11 is 0. The Morgan fingerprint density at radius 1 is 1.22 bits per heavy atom. The van der Waals surface area contributed by atoms with Gasteiger partial charge in [0.05, 0.1) is 0 Å². The Labute approximate surface area is 141 Å². The molecule has 23 heavy (non-hydrogen) atoms. The van der Waals surface area contributed by atoms with E-state index < -0.39 is 6.36 Å². The first-order chi connectivity index (χ1) is 10.4. The number of piperidine rings is 1. The van der Waals surface area contributed by atoms with Crippen molar-refractivity contribution in [2.45, 2.75) is 32.2 Å². The summed E-state index contributed by atoms with van der Waals surface area (Å²) in [6.07, 6.45) is -2.33. The molecule has 1 atom stereocenters. The van der Waals surface area contributed by atoms with Gasteiger partial charge in [-0.05, 0) is 70.1 Å². The number of nitrogens with one attached hydrogen (secondary N) is 1. The fourth-order valence-corrected chi connectivity index (χ4v) is 2.99. The standard InChI is InChI=1S/C16H23F3N2O.ClH/c1-12(21-9-7-13(8-10-21)11-20-2)14-3-5-15(6-4-14)22-16(17,18)19;/h3-6,12-13,20H,7-11H2,1-2H3;1H. The van der Waals surface area contributed by atoms with E-state index in [1.165, 1.54) is 12.1 Å². The Morgan fingerprint density at radius 3 is 2.26 bits per heavy atom. The van der Waals surface area contributed by atoms with E-state index in [2.05, 4.69) is 21.9 Å². The zero-order valence-corrected chi connectivity index (χ0v) is 14.2. The molecule has 1 aromatic carbocycles. The molecule has 0 aliphatic carbocycles. The first-order valence-electron chi connectivity index (χ1n) is 7.63.